The maximum Gasteiger partial charge on any atom is 0.250 e. The molecule has 8 nitrogen and oxygen atoms in total. The molecule has 0 aromatic heterocycles. The molecule has 3 rings (SSSR count). The highest BCUT2D eigenvalue weighted by atomic mass is 16.5. The van der Waals surface area contributed by atoms with E-state index in [0.29, 0.717) is 12.2 Å². The molecule has 1 saturated carbocycles. The Labute approximate surface area is 170 Å². The molecular weight excluding hydrogens is 374 g/mol. The van der Waals surface area contributed by atoms with Gasteiger partial charge in [0.2, 0.25) is 23.6 Å². The number of hydrogen-bond acceptors (Lipinski definition) is 5. The van der Waals surface area contributed by atoms with Crippen LogP contribution in [0.4, 0.5) is 5.69 Å². The molecule has 2 unspecified atom stereocenters. The monoisotopic (exact) mass is 401 g/mol. The topological polar surface area (TPSA) is 105 Å². The Balaban J connectivity index is 1.46. The fraction of sp³-hybridized carbons (Fsp3) is 0.524. The van der Waals surface area contributed by atoms with Crippen LogP contribution in [-0.4, -0.2) is 48.8 Å². The highest BCUT2D eigenvalue weighted by Gasteiger charge is 2.47. The summed E-state index contributed by atoms with van der Waals surface area (Å²) in [7, 11) is 1.45. The third-order valence-electron chi connectivity index (χ3n) is 5.47. The zero-order chi connectivity index (χ0) is 20.8. The maximum atomic E-state index is 12.4. The number of hydrogen-bond donors (Lipinski definition) is 2. The molecule has 1 aromatic rings. The molecule has 8 heteroatoms. The van der Waals surface area contributed by atoms with Crippen LogP contribution in [0.5, 0.6) is 0 Å². The molecule has 2 fully saturated rings. The van der Waals surface area contributed by atoms with Crippen LogP contribution in [0.2, 0.25) is 0 Å². The van der Waals surface area contributed by atoms with Crippen molar-refractivity contribution >= 4 is 29.3 Å². The number of benzene rings is 1. The summed E-state index contributed by atoms with van der Waals surface area (Å²) in [6, 6.07) is 7.15. The molecular formula is C21H27N3O5. The SMILES string of the molecule is COCC(=O)Nc1cccc(CNC(=O)CCN2C(=O)C3CCCCC3C2=O)c1. The van der Waals surface area contributed by atoms with Crippen molar-refractivity contribution in [1.29, 1.82) is 0 Å². The number of ether oxygens (including phenoxy) is 1. The predicted molar refractivity (Wildman–Crippen MR) is 106 cm³/mol. The van der Waals surface area contributed by atoms with E-state index >= 15 is 0 Å². The number of methoxy groups -OCH3 is 1. The van der Waals surface area contributed by atoms with E-state index in [4.69, 9.17) is 4.74 Å². The van der Waals surface area contributed by atoms with Crippen molar-refractivity contribution in [3.63, 3.8) is 0 Å². The van der Waals surface area contributed by atoms with E-state index in [1.165, 1.54) is 12.0 Å². The van der Waals surface area contributed by atoms with E-state index in [-0.39, 0.29) is 55.0 Å². The van der Waals surface area contributed by atoms with Crippen LogP contribution in [0.25, 0.3) is 0 Å². The average molecular weight is 401 g/mol. The molecule has 1 aliphatic carbocycles. The molecule has 2 atom stereocenters. The molecule has 4 amide bonds. The minimum atomic E-state index is -0.255. The molecule has 1 aromatic carbocycles. The highest BCUT2D eigenvalue weighted by Crippen LogP contribution is 2.37. The molecule has 0 spiro atoms. The summed E-state index contributed by atoms with van der Waals surface area (Å²) in [5, 5.41) is 5.50. The Kier molecular flexibility index (Phi) is 6.98. The van der Waals surface area contributed by atoms with Gasteiger partial charge >= 0.3 is 0 Å². The Morgan fingerprint density at radius 1 is 1.10 bits per heavy atom. The first kappa shape index (κ1) is 21.0. The number of rotatable bonds is 8. The lowest BCUT2D eigenvalue weighted by molar-refractivity contribution is -0.140. The van der Waals surface area contributed by atoms with Crippen LogP contribution >= 0.6 is 0 Å². The summed E-state index contributed by atoms with van der Waals surface area (Å²) >= 11 is 0. The Bertz CT molecular complexity index is 770. The van der Waals surface area contributed by atoms with Gasteiger partial charge in [-0.15, -0.1) is 0 Å². The van der Waals surface area contributed by atoms with E-state index in [1.807, 2.05) is 6.07 Å². The molecule has 1 aliphatic heterocycles. The van der Waals surface area contributed by atoms with Crippen LogP contribution in [0.1, 0.15) is 37.7 Å². The Hall–Kier alpha value is -2.74. The second-order valence-electron chi connectivity index (χ2n) is 7.53. The van der Waals surface area contributed by atoms with Gasteiger partial charge in [-0.3, -0.25) is 24.1 Å². The van der Waals surface area contributed by atoms with Gasteiger partial charge in [-0.2, -0.15) is 0 Å². The highest BCUT2D eigenvalue weighted by molar-refractivity contribution is 6.05. The van der Waals surface area contributed by atoms with Gasteiger partial charge in [-0.05, 0) is 30.5 Å². The number of imide groups is 1. The van der Waals surface area contributed by atoms with Gasteiger partial charge in [-0.1, -0.05) is 25.0 Å². The number of nitrogens with one attached hydrogen (secondary N) is 2. The second kappa shape index (κ2) is 9.65. The largest absolute Gasteiger partial charge is 0.375 e. The molecule has 29 heavy (non-hydrogen) atoms. The van der Waals surface area contributed by atoms with Gasteiger partial charge in [-0.25, -0.2) is 0 Å². The molecule has 2 aliphatic rings. The Morgan fingerprint density at radius 2 is 1.79 bits per heavy atom. The van der Waals surface area contributed by atoms with E-state index in [2.05, 4.69) is 10.6 Å². The predicted octanol–water partition coefficient (Wildman–Crippen LogP) is 1.45. The van der Waals surface area contributed by atoms with Crippen molar-refractivity contribution in [2.24, 2.45) is 11.8 Å². The average Bonchev–Trinajstić information content (AvgIpc) is 2.96. The van der Waals surface area contributed by atoms with Crippen LogP contribution in [-0.2, 0) is 30.5 Å². The maximum absolute atomic E-state index is 12.4. The summed E-state index contributed by atoms with van der Waals surface area (Å²) < 4.78 is 4.78. The first-order chi connectivity index (χ1) is 14.0. The Morgan fingerprint density at radius 3 is 2.45 bits per heavy atom. The van der Waals surface area contributed by atoms with Crippen molar-refractivity contribution < 1.29 is 23.9 Å². The van der Waals surface area contributed by atoms with Gasteiger partial charge < -0.3 is 15.4 Å². The van der Waals surface area contributed by atoms with Crippen molar-refractivity contribution in [2.45, 2.75) is 38.6 Å². The quantitative estimate of drug-likeness (QED) is 0.642. The number of carbonyl (C=O) groups is 4. The number of likely N-dealkylation sites (tertiary alicyclic amines) is 1. The van der Waals surface area contributed by atoms with Gasteiger partial charge in [0.15, 0.2) is 0 Å². The molecule has 2 N–H and O–H groups in total. The second-order valence-corrected chi connectivity index (χ2v) is 7.53. The van der Waals surface area contributed by atoms with Crippen LogP contribution in [0.15, 0.2) is 24.3 Å². The van der Waals surface area contributed by atoms with E-state index in [9.17, 15) is 19.2 Å². The lowest BCUT2D eigenvalue weighted by Gasteiger charge is -2.19. The van der Waals surface area contributed by atoms with Gasteiger partial charge in [0.25, 0.3) is 0 Å². The van der Waals surface area contributed by atoms with E-state index in [1.54, 1.807) is 18.2 Å². The van der Waals surface area contributed by atoms with Gasteiger partial charge in [0, 0.05) is 32.3 Å². The van der Waals surface area contributed by atoms with Crippen LogP contribution in [0, 0.1) is 11.8 Å². The number of anilines is 1. The minimum absolute atomic E-state index is 0.0311. The van der Waals surface area contributed by atoms with E-state index in [0.717, 1.165) is 31.2 Å². The summed E-state index contributed by atoms with van der Waals surface area (Å²) in [4.78, 5) is 49.9. The number of fused-ring (bicyclic) bond motifs is 1. The minimum Gasteiger partial charge on any atom is -0.375 e. The fourth-order valence-corrected chi connectivity index (χ4v) is 4.04. The lowest BCUT2D eigenvalue weighted by atomic mass is 9.81. The number of amides is 4. The van der Waals surface area contributed by atoms with E-state index < -0.39 is 0 Å². The molecule has 1 heterocycles. The standard InChI is InChI=1S/C21H27N3O5/c1-29-13-19(26)23-15-6-4-5-14(11-15)12-22-18(25)9-10-24-20(27)16-7-2-3-8-17(16)21(24)28/h4-6,11,16-17H,2-3,7-10,12-13H2,1H3,(H,22,25)(H,23,26). The normalized spacial score (nSPS) is 21.1. The van der Waals surface area contributed by atoms with Gasteiger partial charge in [0.05, 0.1) is 11.8 Å². The van der Waals surface area contributed by atoms with Gasteiger partial charge in [0.1, 0.15) is 6.61 Å². The lowest BCUT2D eigenvalue weighted by Crippen LogP contribution is -2.35. The van der Waals surface area contributed by atoms with Crippen LogP contribution in [0.3, 0.4) is 0 Å². The zero-order valence-electron chi connectivity index (χ0n) is 16.6. The third kappa shape index (κ3) is 5.20. The van der Waals surface area contributed by atoms with Crippen LogP contribution < -0.4 is 10.6 Å². The number of carbonyl (C=O) groups excluding carboxylic acids is 4. The molecule has 156 valence electrons. The van der Waals surface area contributed by atoms with Crippen molar-refractivity contribution in [3.05, 3.63) is 29.8 Å². The number of nitrogens with zero attached hydrogens (tertiary/aromatic N) is 1. The first-order valence-electron chi connectivity index (χ1n) is 9.99. The zero-order valence-corrected chi connectivity index (χ0v) is 16.6. The third-order valence-corrected chi connectivity index (χ3v) is 5.47. The molecule has 1 saturated heterocycles. The summed E-state index contributed by atoms with van der Waals surface area (Å²) in [5.74, 6) is -1.09. The van der Waals surface area contributed by atoms with Crippen molar-refractivity contribution in [1.82, 2.24) is 10.2 Å². The smallest absolute Gasteiger partial charge is 0.250 e. The first-order valence-corrected chi connectivity index (χ1v) is 9.99. The molecule has 0 radical (unpaired) electrons. The summed E-state index contributed by atoms with van der Waals surface area (Å²) in [5.41, 5.74) is 1.45. The van der Waals surface area contributed by atoms with Crippen molar-refractivity contribution in [3.8, 4) is 0 Å². The molecule has 0 bridgehead atoms. The fourth-order valence-electron chi connectivity index (χ4n) is 4.04. The summed E-state index contributed by atoms with van der Waals surface area (Å²) in [6.45, 7) is 0.389. The summed E-state index contributed by atoms with van der Waals surface area (Å²) in [6.07, 6.45) is 3.60. The van der Waals surface area contributed by atoms with Crippen molar-refractivity contribution in [2.75, 3.05) is 25.6 Å².